The first-order valence-electron chi connectivity index (χ1n) is 9.36. The Morgan fingerprint density at radius 1 is 1.36 bits per heavy atom. The lowest BCUT2D eigenvalue weighted by Crippen LogP contribution is -2.30. The van der Waals surface area contributed by atoms with Gasteiger partial charge < -0.3 is 15.4 Å². The van der Waals surface area contributed by atoms with E-state index in [0.29, 0.717) is 36.3 Å². The number of amides is 1. The summed E-state index contributed by atoms with van der Waals surface area (Å²) >= 11 is 5.94. The predicted octanol–water partition coefficient (Wildman–Crippen LogP) is 3.09. The number of rotatable bonds is 7. The summed E-state index contributed by atoms with van der Waals surface area (Å²) in [6, 6.07) is 5.85. The molecule has 0 aliphatic carbocycles. The molecule has 1 fully saturated rings. The smallest absolute Gasteiger partial charge is 0.273 e. The van der Waals surface area contributed by atoms with E-state index in [0.717, 1.165) is 42.9 Å². The SMILES string of the molecule is Cc1cc(Cl)ccc1OCCCNC(=O)c1nnn(C2CCNCC2)c1C.Cl. The molecule has 0 unspecified atom stereocenters. The molecule has 28 heavy (non-hydrogen) atoms. The van der Waals surface area contributed by atoms with Crippen molar-refractivity contribution in [2.45, 2.75) is 39.2 Å². The van der Waals surface area contributed by atoms with Gasteiger partial charge in [0.2, 0.25) is 0 Å². The topological polar surface area (TPSA) is 81.1 Å². The van der Waals surface area contributed by atoms with E-state index in [4.69, 9.17) is 16.3 Å². The van der Waals surface area contributed by atoms with Crippen molar-refractivity contribution >= 4 is 29.9 Å². The van der Waals surface area contributed by atoms with Gasteiger partial charge in [-0.05, 0) is 70.0 Å². The Balaban J connectivity index is 0.00000280. The molecule has 1 aromatic carbocycles. The van der Waals surface area contributed by atoms with Crippen LogP contribution in [-0.2, 0) is 0 Å². The van der Waals surface area contributed by atoms with Gasteiger partial charge in [0.1, 0.15) is 5.75 Å². The van der Waals surface area contributed by atoms with Crippen LogP contribution < -0.4 is 15.4 Å². The molecule has 0 bridgehead atoms. The zero-order valence-electron chi connectivity index (χ0n) is 16.2. The lowest BCUT2D eigenvalue weighted by molar-refractivity contribution is 0.0945. The van der Waals surface area contributed by atoms with Gasteiger partial charge in [-0.2, -0.15) is 0 Å². The van der Waals surface area contributed by atoms with E-state index in [9.17, 15) is 4.79 Å². The third-order valence-corrected chi connectivity index (χ3v) is 5.03. The highest BCUT2D eigenvalue weighted by Gasteiger charge is 2.22. The summed E-state index contributed by atoms with van der Waals surface area (Å²) < 4.78 is 7.63. The number of carbonyl (C=O) groups is 1. The average Bonchev–Trinajstić information content (AvgIpc) is 3.05. The highest BCUT2D eigenvalue weighted by atomic mass is 35.5. The van der Waals surface area contributed by atoms with E-state index in [1.807, 2.05) is 30.7 Å². The van der Waals surface area contributed by atoms with E-state index in [1.165, 1.54) is 0 Å². The van der Waals surface area contributed by atoms with Gasteiger partial charge in [-0.15, -0.1) is 17.5 Å². The van der Waals surface area contributed by atoms with Gasteiger partial charge in [0.25, 0.3) is 5.91 Å². The van der Waals surface area contributed by atoms with Crippen LogP contribution in [0.15, 0.2) is 18.2 Å². The first kappa shape index (κ1) is 22.5. The van der Waals surface area contributed by atoms with Crippen molar-refractivity contribution in [3.05, 3.63) is 40.2 Å². The lowest BCUT2D eigenvalue weighted by atomic mass is 10.1. The van der Waals surface area contributed by atoms with Gasteiger partial charge in [-0.1, -0.05) is 16.8 Å². The molecule has 0 atom stereocenters. The molecule has 1 aliphatic heterocycles. The third kappa shape index (κ3) is 5.59. The number of ether oxygens (including phenoxy) is 1. The summed E-state index contributed by atoms with van der Waals surface area (Å²) in [5.41, 5.74) is 2.23. The van der Waals surface area contributed by atoms with Gasteiger partial charge in [0.15, 0.2) is 5.69 Å². The van der Waals surface area contributed by atoms with Crippen LogP contribution in [0, 0.1) is 13.8 Å². The second-order valence-corrected chi connectivity index (χ2v) is 7.25. The summed E-state index contributed by atoms with van der Waals surface area (Å²) in [5, 5.41) is 15.2. The summed E-state index contributed by atoms with van der Waals surface area (Å²) in [6.45, 7) is 6.84. The number of hydrogen-bond donors (Lipinski definition) is 2. The van der Waals surface area contributed by atoms with Crippen molar-refractivity contribution in [1.29, 1.82) is 0 Å². The zero-order chi connectivity index (χ0) is 19.2. The molecule has 2 N–H and O–H groups in total. The van der Waals surface area contributed by atoms with Crippen LogP contribution in [0.3, 0.4) is 0 Å². The van der Waals surface area contributed by atoms with Gasteiger partial charge >= 0.3 is 0 Å². The summed E-state index contributed by atoms with van der Waals surface area (Å²) in [4.78, 5) is 12.4. The first-order valence-corrected chi connectivity index (χ1v) is 9.73. The maximum atomic E-state index is 12.4. The molecule has 2 heterocycles. The highest BCUT2D eigenvalue weighted by molar-refractivity contribution is 6.30. The number of halogens is 2. The van der Waals surface area contributed by atoms with Crippen molar-refractivity contribution in [2.24, 2.45) is 0 Å². The van der Waals surface area contributed by atoms with Crippen LogP contribution in [0.2, 0.25) is 5.02 Å². The van der Waals surface area contributed by atoms with Crippen LogP contribution in [0.1, 0.15) is 47.1 Å². The average molecular weight is 428 g/mol. The Morgan fingerprint density at radius 2 is 2.11 bits per heavy atom. The molecule has 9 heteroatoms. The third-order valence-electron chi connectivity index (χ3n) is 4.80. The van der Waals surface area contributed by atoms with Crippen LogP contribution in [0.4, 0.5) is 0 Å². The van der Waals surface area contributed by atoms with Crippen molar-refractivity contribution < 1.29 is 9.53 Å². The fraction of sp³-hybridized carbons (Fsp3) is 0.526. The molecule has 0 saturated carbocycles. The second kappa shape index (κ2) is 10.6. The molecular weight excluding hydrogens is 401 g/mol. The summed E-state index contributed by atoms with van der Waals surface area (Å²) in [7, 11) is 0. The van der Waals surface area contributed by atoms with Gasteiger partial charge in [-0.3, -0.25) is 4.79 Å². The molecule has 1 amide bonds. The Labute approximate surface area is 176 Å². The predicted molar refractivity (Wildman–Crippen MR) is 112 cm³/mol. The maximum absolute atomic E-state index is 12.4. The Kier molecular flexibility index (Phi) is 8.54. The Bertz CT molecular complexity index is 791. The Hall–Kier alpha value is -1.83. The summed E-state index contributed by atoms with van der Waals surface area (Å²) in [6.07, 6.45) is 2.72. The molecular formula is C19H27Cl2N5O2. The van der Waals surface area contributed by atoms with E-state index in [-0.39, 0.29) is 18.3 Å². The van der Waals surface area contributed by atoms with E-state index >= 15 is 0 Å². The minimum absolute atomic E-state index is 0. The maximum Gasteiger partial charge on any atom is 0.273 e. The quantitative estimate of drug-likeness (QED) is 0.663. The number of hydrogen-bond acceptors (Lipinski definition) is 5. The fourth-order valence-corrected chi connectivity index (χ4v) is 3.49. The molecule has 1 saturated heterocycles. The molecule has 3 rings (SSSR count). The van der Waals surface area contributed by atoms with Crippen LogP contribution in [0.25, 0.3) is 0 Å². The number of aromatic nitrogens is 3. The molecule has 154 valence electrons. The standard InChI is InChI=1S/C19H26ClN5O2.ClH/c1-13-12-15(20)4-5-17(13)27-11-3-8-22-19(26)18-14(2)25(24-23-18)16-6-9-21-10-7-16;/h4-5,12,16,21H,3,6-11H2,1-2H3,(H,22,26);1H. The highest BCUT2D eigenvalue weighted by Crippen LogP contribution is 2.22. The van der Waals surface area contributed by atoms with E-state index in [1.54, 1.807) is 6.07 Å². The van der Waals surface area contributed by atoms with Crippen molar-refractivity contribution in [3.8, 4) is 5.75 Å². The minimum atomic E-state index is -0.185. The normalized spacial score (nSPS) is 14.4. The fourth-order valence-electron chi connectivity index (χ4n) is 3.26. The van der Waals surface area contributed by atoms with Crippen molar-refractivity contribution in [3.63, 3.8) is 0 Å². The number of benzene rings is 1. The molecule has 1 aliphatic rings. The lowest BCUT2D eigenvalue weighted by Gasteiger charge is -2.23. The monoisotopic (exact) mass is 427 g/mol. The largest absolute Gasteiger partial charge is 0.493 e. The van der Waals surface area contributed by atoms with E-state index < -0.39 is 0 Å². The van der Waals surface area contributed by atoms with Crippen molar-refractivity contribution in [2.75, 3.05) is 26.2 Å². The van der Waals surface area contributed by atoms with Gasteiger partial charge in [0.05, 0.1) is 18.3 Å². The van der Waals surface area contributed by atoms with Gasteiger partial charge in [0, 0.05) is 11.6 Å². The van der Waals surface area contributed by atoms with Crippen LogP contribution in [-0.4, -0.2) is 47.1 Å². The Morgan fingerprint density at radius 3 is 2.82 bits per heavy atom. The number of nitrogens with one attached hydrogen (secondary N) is 2. The molecule has 1 aromatic heterocycles. The minimum Gasteiger partial charge on any atom is -0.493 e. The number of nitrogens with zero attached hydrogens (tertiary/aromatic N) is 3. The number of piperidine rings is 1. The van der Waals surface area contributed by atoms with E-state index in [2.05, 4.69) is 20.9 Å². The molecule has 2 aromatic rings. The zero-order valence-corrected chi connectivity index (χ0v) is 17.8. The van der Waals surface area contributed by atoms with Crippen molar-refractivity contribution in [1.82, 2.24) is 25.6 Å². The molecule has 7 nitrogen and oxygen atoms in total. The molecule has 0 spiro atoms. The number of carbonyl (C=O) groups excluding carboxylic acids is 1. The van der Waals surface area contributed by atoms with Crippen LogP contribution in [0.5, 0.6) is 5.75 Å². The molecule has 0 radical (unpaired) electrons. The first-order chi connectivity index (χ1) is 13.1. The summed E-state index contributed by atoms with van der Waals surface area (Å²) in [5.74, 6) is 0.627. The number of aryl methyl sites for hydroxylation is 1. The van der Waals surface area contributed by atoms with Gasteiger partial charge in [-0.25, -0.2) is 4.68 Å². The van der Waals surface area contributed by atoms with Crippen LogP contribution >= 0.6 is 24.0 Å². The second-order valence-electron chi connectivity index (χ2n) is 6.82.